The highest BCUT2D eigenvalue weighted by Crippen LogP contribution is 2.40. The molecule has 1 aliphatic heterocycles. The highest BCUT2D eigenvalue weighted by Gasteiger charge is 2.29. The largest absolute Gasteiger partial charge is 0.397 e. The number of hydrogen-bond acceptors (Lipinski definition) is 3. The summed E-state index contributed by atoms with van der Waals surface area (Å²) in [5.41, 5.74) is 8.23. The molecular formula is C15H12Br2N2OS. The van der Waals surface area contributed by atoms with Gasteiger partial charge in [0, 0.05) is 19.6 Å². The Morgan fingerprint density at radius 3 is 2.81 bits per heavy atom. The first kappa shape index (κ1) is 14.9. The maximum atomic E-state index is 12.6. The van der Waals surface area contributed by atoms with E-state index in [1.165, 1.54) is 4.90 Å². The minimum atomic E-state index is -0.138. The summed E-state index contributed by atoms with van der Waals surface area (Å²) in [6, 6.07) is 11.7. The van der Waals surface area contributed by atoms with E-state index in [9.17, 15) is 4.79 Å². The third-order valence-electron chi connectivity index (χ3n) is 3.35. The molecule has 21 heavy (non-hydrogen) atoms. The van der Waals surface area contributed by atoms with Gasteiger partial charge in [0.05, 0.1) is 17.3 Å². The first-order valence-corrected chi connectivity index (χ1v) is 8.90. The number of rotatable bonds is 2. The Morgan fingerprint density at radius 2 is 2.05 bits per heavy atom. The smallest absolute Gasteiger partial charge is 0.232 e. The van der Waals surface area contributed by atoms with Crippen LogP contribution in [0.15, 0.2) is 50.2 Å². The van der Waals surface area contributed by atoms with E-state index < -0.39 is 0 Å². The summed E-state index contributed by atoms with van der Waals surface area (Å²) in [7, 11) is 0. The van der Waals surface area contributed by atoms with Crippen LogP contribution in [-0.4, -0.2) is 11.7 Å². The van der Waals surface area contributed by atoms with Gasteiger partial charge in [-0.05, 0) is 39.7 Å². The number of fused-ring (bicyclic) bond motifs is 1. The van der Waals surface area contributed by atoms with Gasteiger partial charge in [-0.3, -0.25) is 4.79 Å². The topological polar surface area (TPSA) is 55.1 Å². The van der Waals surface area contributed by atoms with Crippen LogP contribution in [0.25, 0.3) is 0 Å². The first-order valence-electron chi connectivity index (χ1n) is 6.33. The van der Waals surface area contributed by atoms with Crippen LogP contribution in [0.2, 0.25) is 0 Å². The molecule has 0 fully saturated rings. The van der Waals surface area contributed by atoms with Gasteiger partial charge in [0.2, 0.25) is 5.91 Å². The Morgan fingerprint density at radius 1 is 1.29 bits per heavy atom. The standard InChI is InChI=1S/C15H12Br2N2OS/c16-8-5-11(17)14(12(18)6-8)19-15(20)10-7-21-13-4-2-1-3-9(10)13/h1-6,10H,7,18H2,(H,19,20). The molecular weight excluding hydrogens is 416 g/mol. The molecule has 1 atom stereocenters. The van der Waals surface area contributed by atoms with Crippen LogP contribution in [0.4, 0.5) is 11.4 Å². The number of amides is 1. The summed E-state index contributed by atoms with van der Waals surface area (Å²) in [6.45, 7) is 0. The number of carbonyl (C=O) groups is 1. The molecule has 0 saturated carbocycles. The van der Waals surface area contributed by atoms with E-state index in [2.05, 4.69) is 43.2 Å². The highest BCUT2D eigenvalue weighted by atomic mass is 79.9. The van der Waals surface area contributed by atoms with Crippen LogP contribution in [0.1, 0.15) is 11.5 Å². The van der Waals surface area contributed by atoms with Gasteiger partial charge in [0.25, 0.3) is 0 Å². The zero-order chi connectivity index (χ0) is 15.0. The van der Waals surface area contributed by atoms with Crippen LogP contribution in [0.5, 0.6) is 0 Å². The molecule has 3 N–H and O–H groups in total. The predicted molar refractivity (Wildman–Crippen MR) is 94.8 cm³/mol. The van der Waals surface area contributed by atoms with Crippen LogP contribution < -0.4 is 11.1 Å². The van der Waals surface area contributed by atoms with Gasteiger partial charge in [-0.1, -0.05) is 34.1 Å². The molecule has 0 radical (unpaired) electrons. The van der Waals surface area contributed by atoms with Gasteiger partial charge in [0.1, 0.15) is 0 Å². The van der Waals surface area contributed by atoms with Crippen molar-refractivity contribution < 1.29 is 4.79 Å². The lowest BCUT2D eigenvalue weighted by Gasteiger charge is -2.15. The van der Waals surface area contributed by atoms with Crippen LogP contribution in [-0.2, 0) is 4.79 Å². The van der Waals surface area contributed by atoms with E-state index in [1.54, 1.807) is 17.8 Å². The molecule has 1 heterocycles. The molecule has 0 aliphatic carbocycles. The van der Waals surface area contributed by atoms with Crippen LogP contribution >= 0.6 is 43.6 Å². The zero-order valence-corrected chi connectivity index (χ0v) is 14.9. The molecule has 1 amide bonds. The fraction of sp³-hybridized carbons (Fsp3) is 0.133. The van der Waals surface area contributed by atoms with E-state index in [0.29, 0.717) is 11.4 Å². The minimum Gasteiger partial charge on any atom is -0.397 e. The van der Waals surface area contributed by atoms with Crippen molar-refractivity contribution in [2.24, 2.45) is 0 Å². The average molecular weight is 428 g/mol. The van der Waals surface area contributed by atoms with E-state index in [0.717, 1.165) is 20.3 Å². The first-order chi connectivity index (χ1) is 10.1. The molecule has 3 rings (SSSR count). The van der Waals surface area contributed by atoms with Gasteiger partial charge >= 0.3 is 0 Å². The Labute approximate surface area is 143 Å². The van der Waals surface area contributed by atoms with E-state index in [1.807, 2.05) is 24.3 Å². The summed E-state index contributed by atoms with van der Waals surface area (Å²) >= 11 is 8.53. The second kappa shape index (κ2) is 6.02. The summed E-state index contributed by atoms with van der Waals surface area (Å²) < 4.78 is 1.63. The normalized spacial score (nSPS) is 16.6. The summed E-state index contributed by atoms with van der Waals surface area (Å²) in [5.74, 6) is 0.600. The number of anilines is 2. The number of halogens is 2. The summed E-state index contributed by atoms with van der Waals surface area (Å²) in [5, 5.41) is 2.94. The maximum Gasteiger partial charge on any atom is 0.232 e. The van der Waals surface area contributed by atoms with Crippen molar-refractivity contribution in [2.75, 3.05) is 16.8 Å². The molecule has 0 spiro atoms. The number of benzene rings is 2. The number of nitrogens with one attached hydrogen (secondary N) is 1. The van der Waals surface area contributed by atoms with Crippen molar-refractivity contribution >= 4 is 60.9 Å². The molecule has 3 nitrogen and oxygen atoms in total. The molecule has 6 heteroatoms. The second-order valence-corrected chi connectivity index (χ2v) is 7.57. The van der Waals surface area contributed by atoms with Crippen LogP contribution in [0.3, 0.4) is 0 Å². The summed E-state index contributed by atoms with van der Waals surface area (Å²) in [4.78, 5) is 13.7. The van der Waals surface area contributed by atoms with E-state index in [-0.39, 0.29) is 11.8 Å². The second-order valence-electron chi connectivity index (χ2n) is 4.74. The fourth-order valence-electron chi connectivity index (χ4n) is 2.32. The molecule has 2 aromatic rings. The molecule has 0 aromatic heterocycles. The highest BCUT2D eigenvalue weighted by molar-refractivity contribution is 9.11. The van der Waals surface area contributed by atoms with E-state index in [4.69, 9.17) is 5.73 Å². The fourth-order valence-corrected chi connectivity index (χ4v) is 4.90. The third-order valence-corrected chi connectivity index (χ3v) is 5.62. The number of hydrogen-bond donors (Lipinski definition) is 2. The van der Waals surface area contributed by atoms with Crippen molar-refractivity contribution in [1.29, 1.82) is 0 Å². The molecule has 1 unspecified atom stereocenters. The SMILES string of the molecule is Nc1cc(Br)cc(Br)c1NC(=O)C1CSc2ccccc21. The van der Waals surface area contributed by atoms with Gasteiger partial charge < -0.3 is 11.1 Å². The average Bonchev–Trinajstić information content (AvgIpc) is 2.86. The van der Waals surface area contributed by atoms with Gasteiger partial charge in [-0.25, -0.2) is 0 Å². The molecule has 2 aromatic carbocycles. The van der Waals surface area contributed by atoms with Crippen molar-refractivity contribution in [2.45, 2.75) is 10.8 Å². The lowest BCUT2D eigenvalue weighted by Crippen LogP contribution is -2.22. The van der Waals surface area contributed by atoms with Crippen molar-refractivity contribution in [1.82, 2.24) is 0 Å². The number of nitrogen functional groups attached to an aromatic ring is 1. The van der Waals surface area contributed by atoms with Crippen LogP contribution in [0, 0.1) is 0 Å². The Kier molecular flexibility index (Phi) is 4.28. The van der Waals surface area contributed by atoms with Gasteiger partial charge in [0.15, 0.2) is 0 Å². The monoisotopic (exact) mass is 426 g/mol. The number of carbonyl (C=O) groups excluding carboxylic acids is 1. The van der Waals surface area contributed by atoms with E-state index >= 15 is 0 Å². The molecule has 0 saturated heterocycles. The predicted octanol–water partition coefficient (Wildman–Crippen LogP) is 4.62. The van der Waals surface area contributed by atoms with Crippen molar-refractivity contribution in [3.05, 3.63) is 50.9 Å². The third kappa shape index (κ3) is 2.98. The van der Waals surface area contributed by atoms with Gasteiger partial charge in [-0.15, -0.1) is 11.8 Å². The maximum absolute atomic E-state index is 12.6. The van der Waals surface area contributed by atoms with Crippen molar-refractivity contribution in [3.63, 3.8) is 0 Å². The molecule has 0 bridgehead atoms. The zero-order valence-electron chi connectivity index (χ0n) is 10.9. The molecule has 1 aliphatic rings. The number of nitrogens with two attached hydrogens (primary N) is 1. The summed E-state index contributed by atoms with van der Waals surface area (Å²) in [6.07, 6.45) is 0. The van der Waals surface area contributed by atoms with Gasteiger partial charge in [-0.2, -0.15) is 0 Å². The Balaban J connectivity index is 1.86. The lowest BCUT2D eigenvalue weighted by molar-refractivity contribution is -0.117. The minimum absolute atomic E-state index is 0.0258. The Hall–Kier alpha value is -0.980. The molecule has 108 valence electrons. The van der Waals surface area contributed by atoms with Crippen molar-refractivity contribution in [3.8, 4) is 0 Å². The number of thioether (sulfide) groups is 1. The lowest BCUT2D eigenvalue weighted by atomic mass is 10.0. The Bertz CT molecular complexity index is 698. The quantitative estimate of drug-likeness (QED) is 0.687.